The van der Waals surface area contributed by atoms with E-state index >= 15 is 4.39 Å². The molecular formula is C51H75FN2O11. The lowest BCUT2D eigenvalue weighted by Crippen LogP contribution is -2.64. The van der Waals surface area contributed by atoms with E-state index in [4.69, 9.17) is 29.4 Å². The lowest BCUT2D eigenvalue weighted by molar-refractivity contribution is -0.302. The summed E-state index contributed by atoms with van der Waals surface area (Å²) in [5.74, 6) is -9.06. The Labute approximate surface area is 385 Å². The summed E-state index contributed by atoms with van der Waals surface area (Å²) in [7, 11) is 2.89. The number of ether oxygens (including phenoxy) is 5. The Morgan fingerprint density at radius 2 is 1.68 bits per heavy atom. The number of fused-ring (bicyclic) bond motifs is 3. The van der Waals surface area contributed by atoms with Gasteiger partial charge in [0.05, 0.1) is 31.0 Å². The van der Waals surface area contributed by atoms with Gasteiger partial charge in [-0.25, -0.2) is 9.18 Å². The van der Waals surface area contributed by atoms with E-state index in [2.05, 4.69) is 0 Å². The maximum atomic E-state index is 16.3. The van der Waals surface area contributed by atoms with Crippen LogP contribution in [0.2, 0.25) is 0 Å². The maximum Gasteiger partial charge on any atom is 0.329 e. The molecule has 5 rings (SSSR count). The zero-order valence-corrected chi connectivity index (χ0v) is 39.7. The molecule has 0 radical (unpaired) electrons. The number of methoxy groups -OCH3 is 2. The van der Waals surface area contributed by atoms with Crippen LogP contribution in [0, 0.1) is 29.6 Å². The third-order valence-electron chi connectivity index (χ3n) is 14.4. The molecule has 2 saturated heterocycles. The van der Waals surface area contributed by atoms with Crippen LogP contribution in [0.5, 0.6) is 0 Å². The van der Waals surface area contributed by atoms with Crippen molar-refractivity contribution in [3.05, 3.63) is 65.3 Å². The zero-order chi connectivity index (χ0) is 47.6. The van der Waals surface area contributed by atoms with E-state index in [1.165, 1.54) is 14.2 Å². The molecule has 13 nitrogen and oxygen atoms in total. The summed E-state index contributed by atoms with van der Waals surface area (Å²) < 4.78 is 46.7. The number of hydrogen-bond acceptors (Lipinski definition) is 12. The number of aliphatic hydroxyl groups excluding tert-OH is 1. The van der Waals surface area contributed by atoms with Gasteiger partial charge in [0, 0.05) is 51.0 Å². The van der Waals surface area contributed by atoms with Gasteiger partial charge in [-0.15, -0.1) is 0 Å². The molecule has 4 N–H and O–H groups in total. The fraction of sp³-hybridized carbons (Fsp3) is 0.686. The molecule has 15 unspecified atom stereocenters. The van der Waals surface area contributed by atoms with Crippen molar-refractivity contribution in [1.29, 1.82) is 0 Å². The monoisotopic (exact) mass is 911 g/mol. The number of ketones is 2. The summed E-state index contributed by atoms with van der Waals surface area (Å²) in [5, 5.41) is 23.9. The highest BCUT2D eigenvalue weighted by Crippen LogP contribution is 2.39. The van der Waals surface area contributed by atoms with Crippen LogP contribution in [0.4, 0.5) is 4.39 Å². The van der Waals surface area contributed by atoms with Gasteiger partial charge in [0.2, 0.25) is 5.79 Å². The van der Waals surface area contributed by atoms with E-state index in [1.807, 2.05) is 62.4 Å². The van der Waals surface area contributed by atoms with Crippen molar-refractivity contribution in [2.24, 2.45) is 35.3 Å². The van der Waals surface area contributed by atoms with Gasteiger partial charge in [-0.05, 0) is 100 Å². The predicted molar refractivity (Wildman–Crippen MR) is 245 cm³/mol. The Kier molecular flexibility index (Phi) is 19.2. The van der Waals surface area contributed by atoms with Crippen LogP contribution in [-0.2, 0) is 42.9 Å². The molecule has 0 spiro atoms. The smallest absolute Gasteiger partial charge is 0.329 e. The summed E-state index contributed by atoms with van der Waals surface area (Å²) >= 11 is 0. The first-order chi connectivity index (χ1) is 30.9. The number of piperidine rings is 1. The summed E-state index contributed by atoms with van der Waals surface area (Å²) in [5.41, 5.74) is 8.58. The third kappa shape index (κ3) is 12.9. The molecule has 14 heteroatoms. The van der Waals surface area contributed by atoms with Crippen LogP contribution < -0.4 is 5.73 Å². The van der Waals surface area contributed by atoms with E-state index in [9.17, 15) is 29.4 Å². The van der Waals surface area contributed by atoms with Crippen molar-refractivity contribution in [3.63, 3.8) is 0 Å². The number of allylic oxidation sites excluding steroid dienone is 3. The molecule has 1 aromatic carbocycles. The Morgan fingerprint density at radius 1 is 0.985 bits per heavy atom. The first kappa shape index (κ1) is 52.3. The number of halogens is 1. The molecule has 65 heavy (non-hydrogen) atoms. The first-order valence-electron chi connectivity index (χ1n) is 23.8. The van der Waals surface area contributed by atoms with Crippen molar-refractivity contribution >= 4 is 29.5 Å². The van der Waals surface area contributed by atoms with Crippen LogP contribution >= 0.6 is 0 Å². The molecule has 15 atom stereocenters. The number of alkyl halides is 1. The third-order valence-corrected chi connectivity index (χ3v) is 14.4. The maximum absolute atomic E-state index is 16.3. The minimum Gasteiger partial charge on any atom is -0.456 e. The molecule has 3 fully saturated rings. The molecule has 1 aliphatic carbocycles. The number of benzene rings is 1. The number of rotatable bonds is 9. The number of nitrogens with two attached hydrogens (primary N) is 1. The fourth-order valence-corrected chi connectivity index (χ4v) is 10.2. The normalized spacial score (nSPS) is 38.7. The van der Waals surface area contributed by atoms with Crippen LogP contribution in [0.1, 0.15) is 111 Å². The molecule has 1 saturated carbocycles. The van der Waals surface area contributed by atoms with E-state index in [1.54, 1.807) is 33.8 Å². The van der Waals surface area contributed by atoms with Crippen molar-refractivity contribution in [2.75, 3.05) is 27.4 Å². The summed E-state index contributed by atoms with van der Waals surface area (Å²) in [4.78, 5) is 58.2. The molecule has 2 bridgehead atoms. The van der Waals surface area contributed by atoms with Gasteiger partial charge in [-0.1, -0.05) is 82.3 Å². The number of esters is 1. The molecule has 3 heterocycles. The summed E-state index contributed by atoms with van der Waals surface area (Å²) in [6, 6.07) is 8.57. The van der Waals surface area contributed by atoms with E-state index < -0.39 is 89.9 Å². The second-order valence-electron chi connectivity index (χ2n) is 19.1. The second kappa shape index (κ2) is 23.9. The Hall–Kier alpha value is -3.63. The standard InChI is InChI=1S/C51H75FN2O11/c1-9-37-25-30(2)45(52)31(3)26-43(61-7)47-44(62-8)27-33(5)51(60,65-47)48(57)49(58)54-22-14-13-19-39(54)50(59)64-46(34(6)40(55)29-41(37)56)32(4)24-36-20-21-38(53)42(28-36)63-23-15-18-35-16-11-10-12-17-35/h10-12,15-18,24-25,31,33-34,36-40,42-47,55,60H,9,13-14,19-23,26-29,53H2,1-8H3/b18-15?,30-25+,32-24?. The molecule has 1 aromatic rings. The topological polar surface area (TPSA) is 184 Å². The van der Waals surface area contributed by atoms with Crippen molar-refractivity contribution in [2.45, 2.75) is 166 Å². The molecule has 3 aliphatic heterocycles. The van der Waals surface area contributed by atoms with Crippen LogP contribution in [0.25, 0.3) is 6.08 Å². The molecule has 362 valence electrons. The van der Waals surface area contributed by atoms with Crippen molar-refractivity contribution < 1.29 is 57.5 Å². The number of Topliss-reactive ketones (excluding diaryl/α,β-unsaturated/α-hetero) is 2. The van der Waals surface area contributed by atoms with Crippen molar-refractivity contribution in [1.82, 2.24) is 4.90 Å². The largest absolute Gasteiger partial charge is 0.456 e. The highest BCUT2D eigenvalue weighted by atomic mass is 19.1. The molecule has 4 aliphatic rings. The molecule has 1 amide bonds. The SMILES string of the molecule is CCC1/C=C(\C)C(F)C(C)CC(OC)C2OC(O)(C(=O)C(=O)N3CCCCC3C(=O)OC(C(C)=CC3CCC(N)C(OCC=Cc4ccccc4)C3)C(C)C(O)CC1=O)C(C)CC2OC. The minimum absolute atomic E-state index is 0.0100. The van der Waals surface area contributed by atoms with Crippen molar-refractivity contribution in [3.8, 4) is 0 Å². The lowest BCUT2D eigenvalue weighted by atomic mass is 9.81. The number of carbonyl (C=O) groups excluding carboxylic acids is 4. The first-order valence-corrected chi connectivity index (χ1v) is 23.8. The van der Waals surface area contributed by atoms with E-state index in [0.717, 1.165) is 16.9 Å². The van der Waals surface area contributed by atoms with Gasteiger partial charge in [-0.2, -0.15) is 0 Å². The lowest BCUT2D eigenvalue weighted by Gasteiger charge is -2.47. The Morgan fingerprint density at radius 3 is 2.35 bits per heavy atom. The highest BCUT2D eigenvalue weighted by Gasteiger charge is 2.57. The zero-order valence-electron chi connectivity index (χ0n) is 39.7. The Balaban J connectivity index is 1.48. The fourth-order valence-electron chi connectivity index (χ4n) is 10.2. The number of carbonyl (C=O) groups is 4. The second-order valence-corrected chi connectivity index (χ2v) is 19.1. The van der Waals surface area contributed by atoms with Gasteiger partial charge in [0.25, 0.3) is 11.7 Å². The van der Waals surface area contributed by atoms with Gasteiger partial charge < -0.3 is 44.5 Å². The van der Waals surface area contributed by atoms with Gasteiger partial charge in [-0.3, -0.25) is 14.4 Å². The predicted octanol–water partition coefficient (Wildman–Crippen LogP) is 6.47. The number of cyclic esters (lactones) is 1. The number of nitrogens with zero attached hydrogens (tertiary/aromatic N) is 1. The van der Waals surface area contributed by atoms with Crippen LogP contribution in [-0.4, -0.2) is 127 Å². The minimum atomic E-state index is -2.61. The van der Waals surface area contributed by atoms with Crippen LogP contribution in [0.3, 0.4) is 0 Å². The number of aliphatic hydroxyl groups is 2. The molecular weight excluding hydrogens is 836 g/mol. The molecule has 0 aromatic heterocycles. The highest BCUT2D eigenvalue weighted by molar-refractivity contribution is 6.39. The Bertz CT molecular complexity index is 1860. The summed E-state index contributed by atoms with van der Waals surface area (Å²) in [6.07, 6.45) is 4.58. The average molecular weight is 911 g/mol. The quantitative estimate of drug-likeness (QED) is 0.140. The van der Waals surface area contributed by atoms with Gasteiger partial charge in [0.15, 0.2) is 0 Å². The van der Waals surface area contributed by atoms with Crippen LogP contribution in [0.15, 0.2) is 59.7 Å². The number of amides is 1. The van der Waals surface area contributed by atoms with E-state index in [0.29, 0.717) is 49.9 Å². The average Bonchev–Trinajstić information content (AvgIpc) is 3.30. The van der Waals surface area contributed by atoms with Gasteiger partial charge >= 0.3 is 5.97 Å². The van der Waals surface area contributed by atoms with E-state index in [-0.39, 0.29) is 56.1 Å². The van der Waals surface area contributed by atoms with Gasteiger partial charge in [0.1, 0.15) is 30.2 Å². The number of hydrogen-bond donors (Lipinski definition) is 3. The summed E-state index contributed by atoms with van der Waals surface area (Å²) in [6.45, 7) is 10.7.